The second-order valence-electron chi connectivity index (χ2n) is 2.42. The highest BCUT2D eigenvalue weighted by Crippen LogP contribution is 2.24. The molecule has 1 aliphatic heterocycles. The molecule has 0 aromatic rings. The van der Waals surface area contributed by atoms with Crippen molar-refractivity contribution >= 4 is 6.29 Å². The first-order valence-electron chi connectivity index (χ1n) is 3.49. The highest BCUT2D eigenvalue weighted by Gasteiger charge is 2.37. The molecule has 0 aromatic carbocycles. The maximum absolute atomic E-state index is 10.0. The molecule has 1 fully saturated rings. The summed E-state index contributed by atoms with van der Waals surface area (Å²) in [5.41, 5.74) is 0. The van der Waals surface area contributed by atoms with Crippen molar-refractivity contribution in [2.75, 3.05) is 0 Å². The van der Waals surface area contributed by atoms with Crippen molar-refractivity contribution in [3.05, 3.63) is 0 Å². The Bertz CT molecular complexity index is 101. The lowest BCUT2D eigenvalue weighted by molar-refractivity contribution is -0.108. The van der Waals surface area contributed by atoms with Crippen LogP contribution in [-0.2, 0) is 9.53 Å². The molecule has 1 unspecified atom stereocenters. The molecular formula is C7H12O2. The average Bonchev–Trinajstić information content (AvgIpc) is 2.62. The van der Waals surface area contributed by atoms with E-state index in [9.17, 15) is 4.79 Å². The van der Waals surface area contributed by atoms with Gasteiger partial charge in [0.2, 0.25) is 0 Å². The number of unbranched alkanes of at least 4 members (excludes halogenated alkanes) is 1. The van der Waals surface area contributed by atoms with E-state index >= 15 is 0 Å². The van der Waals surface area contributed by atoms with E-state index in [4.69, 9.17) is 4.74 Å². The quantitative estimate of drug-likeness (QED) is 0.419. The monoisotopic (exact) mass is 128 g/mol. The van der Waals surface area contributed by atoms with Crippen LogP contribution in [0.2, 0.25) is 0 Å². The molecule has 0 aromatic heterocycles. The van der Waals surface area contributed by atoms with Crippen LogP contribution in [0.25, 0.3) is 0 Å². The Morgan fingerprint density at radius 1 is 1.67 bits per heavy atom. The fourth-order valence-corrected chi connectivity index (χ4v) is 0.914. The van der Waals surface area contributed by atoms with E-state index < -0.39 is 0 Å². The van der Waals surface area contributed by atoms with E-state index in [0.29, 0.717) is 0 Å². The van der Waals surface area contributed by atoms with Crippen molar-refractivity contribution in [2.45, 2.75) is 38.4 Å². The molecule has 9 heavy (non-hydrogen) atoms. The summed E-state index contributed by atoms with van der Waals surface area (Å²) in [6.45, 7) is 2.14. The summed E-state index contributed by atoms with van der Waals surface area (Å²) in [5, 5.41) is 0. The van der Waals surface area contributed by atoms with Crippen LogP contribution < -0.4 is 0 Å². The van der Waals surface area contributed by atoms with Gasteiger partial charge in [0.15, 0.2) is 6.29 Å². The summed E-state index contributed by atoms with van der Waals surface area (Å²) < 4.78 is 5.00. The van der Waals surface area contributed by atoms with E-state index in [1.54, 1.807) is 0 Å². The van der Waals surface area contributed by atoms with Gasteiger partial charge >= 0.3 is 0 Å². The van der Waals surface area contributed by atoms with Crippen LogP contribution >= 0.6 is 0 Å². The van der Waals surface area contributed by atoms with Gasteiger partial charge in [-0.25, -0.2) is 0 Å². The fourth-order valence-electron chi connectivity index (χ4n) is 0.914. The number of aldehydes is 1. The van der Waals surface area contributed by atoms with E-state index in [1.165, 1.54) is 12.8 Å². The van der Waals surface area contributed by atoms with Gasteiger partial charge in [0, 0.05) is 0 Å². The molecule has 2 nitrogen and oxygen atoms in total. The summed E-state index contributed by atoms with van der Waals surface area (Å²) in [6, 6.07) is 0. The third-order valence-corrected chi connectivity index (χ3v) is 1.60. The zero-order chi connectivity index (χ0) is 6.69. The minimum atomic E-state index is -0.0588. The summed E-state index contributed by atoms with van der Waals surface area (Å²) in [6.07, 6.45) is 4.51. The molecule has 2 heteroatoms. The van der Waals surface area contributed by atoms with Gasteiger partial charge in [-0.1, -0.05) is 19.8 Å². The van der Waals surface area contributed by atoms with Gasteiger partial charge in [-0.3, -0.25) is 0 Å². The van der Waals surface area contributed by atoms with Crippen molar-refractivity contribution in [3.63, 3.8) is 0 Å². The molecule has 52 valence electrons. The first kappa shape index (κ1) is 6.75. The predicted octanol–water partition coefficient (Wildman–Crippen LogP) is 1.14. The van der Waals surface area contributed by atoms with Crippen LogP contribution in [0.4, 0.5) is 0 Å². The zero-order valence-corrected chi connectivity index (χ0v) is 5.67. The Labute approximate surface area is 55.2 Å². The van der Waals surface area contributed by atoms with Crippen LogP contribution in [0.3, 0.4) is 0 Å². The smallest absolute Gasteiger partial charge is 0.151 e. The molecule has 0 N–H and O–H groups in total. The highest BCUT2D eigenvalue weighted by molar-refractivity contribution is 5.60. The lowest BCUT2D eigenvalue weighted by Gasteiger charge is -1.87. The van der Waals surface area contributed by atoms with E-state index in [2.05, 4.69) is 6.92 Å². The number of epoxide rings is 1. The molecule has 0 amide bonds. The van der Waals surface area contributed by atoms with E-state index in [1.807, 2.05) is 0 Å². The Balaban J connectivity index is 1.98. The second kappa shape index (κ2) is 2.97. The SMILES string of the molecule is CCCCC1O[C@@H]1C=O. The van der Waals surface area contributed by atoms with Gasteiger partial charge in [0.25, 0.3) is 0 Å². The fraction of sp³-hybridized carbons (Fsp3) is 0.857. The van der Waals surface area contributed by atoms with Crippen molar-refractivity contribution in [3.8, 4) is 0 Å². The molecule has 0 spiro atoms. The van der Waals surface area contributed by atoms with Crippen LogP contribution in [0.5, 0.6) is 0 Å². The van der Waals surface area contributed by atoms with Crippen molar-refractivity contribution < 1.29 is 9.53 Å². The number of hydrogen-bond donors (Lipinski definition) is 0. The number of hydrogen-bond acceptors (Lipinski definition) is 2. The average molecular weight is 128 g/mol. The normalized spacial score (nSPS) is 32.1. The van der Waals surface area contributed by atoms with Gasteiger partial charge in [0.05, 0.1) is 6.10 Å². The lowest BCUT2D eigenvalue weighted by Crippen LogP contribution is -1.93. The molecule has 0 bridgehead atoms. The van der Waals surface area contributed by atoms with Crippen molar-refractivity contribution in [1.29, 1.82) is 0 Å². The van der Waals surface area contributed by atoms with Gasteiger partial charge in [0.1, 0.15) is 6.10 Å². The van der Waals surface area contributed by atoms with Crippen LogP contribution in [-0.4, -0.2) is 18.5 Å². The number of rotatable bonds is 4. The minimum Gasteiger partial charge on any atom is -0.362 e. The molecule has 1 aliphatic rings. The van der Waals surface area contributed by atoms with Crippen LogP contribution in [0.1, 0.15) is 26.2 Å². The third kappa shape index (κ3) is 1.79. The van der Waals surface area contributed by atoms with Gasteiger partial charge in [-0.05, 0) is 6.42 Å². The van der Waals surface area contributed by atoms with E-state index in [-0.39, 0.29) is 12.2 Å². The Hall–Kier alpha value is -0.370. The van der Waals surface area contributed by atoms with Crippen molar-refractivity contribution in [2.24, 2.45) is 0 Å². The molecule has 2 atom stereocenters. The second-order valence-corrected chi connectivity index (χ2v) is 2.42. The zero-order valence-electron chi connectivity index (χ0n) is 5.67. The molecule has 1 saturated heterocycles. The number of ether oxygens (including phenoxy) is 1. The Kier molecular flexibility index (Phi) is 2.22. The topological polar surface area (TPSA) is 29.6 Å². The Morgan fingerprint density at radius 3 is 2.89 bits per heavy atom. The minimum absolute atomic E-state index is 0.0588. The summed E-state index contributed by atoms with van der Waals surface area (Å²) in [4.78, 5) is 10.0. The summed E-state index contributed by atoms with van der Waals surface area (Å²) in [5.74, 6) is 0. The molecule has 0 radical (unpaired) electrons. The first-order chi connectivity index (χ1) is 4.38. The molecule has 1 rings (SSSR count). The molecule has 0 aliphatic carbocycles. The maximum Gasteiger partial charge on any atom is 0.151 e. The standard InChI is InChI=1S/C7H12O2/c1-2-3-4-6-7(5-8)9-6/h5-7H,2-4H2,1H3/t6?,7-/m1/s1. The lowest BCUT2D eigenvalue weighted by atomic mass is 10.2. The predicted molar refractivity (Wildman–Crippen MR) is 34.2 cm³/mol. The van der Waals surface area contributed by atoms with Gasteiger partial charge in [-0.15, -0.1) is 0 Å². The van der Waals surface area contributed by atoms with Crippen LogP contribution in [0.15, 0.2) is 0 Å². The molecule has 0 saturated carbocycles. The largest absolute Gasteiger partial charge is 0.362 e. The number of carbonyl (C=O) groups excluding carboxylic acids is 1. The third-order valence-electron chi connectivity index (χ3n) is 1.60. The maximum atomic E-state index is 10.0. The first-order valence-corrected chi connectivity index (χ1v) is 3.49. The van der Waals surface area contributed by atoms with Gasteiger partial charge in [-0.2, -0.15) is 0 Å². The van der Waals surface area contributed by atoms with Crippen molar-refractivity contribution in [1.82, 2.24) is 0 Å². The summed E-state index contributed by atoms with van der Waals surface area (Å²) in [7, 11) is 0. The molecular weight excluding hydrogens is 116 g/mol. The molecule has 1 heterocycles. The number of carbonyl (C=O) groups is 1. The van der Waals surface area contributed by atoms with Gasteiger partial charge < -0.3 is 9.53 Å². The summed E-state index contributed by atoms with van der Waals surface area (Å²) >= 11 is 0. The Morgan fingerprint density at radius 2 is 2.44 bits per heavy atom. The van der Waals surface area contributed by atoms with E-state index in [0.717, 1.165) is 12.7 Å². The van der Waals surface area contributed by atoms with Crippen LogP contribution in [0, 0.1) is 0 Å². The highest BCUT2D eigenvalue weighted by atomic mass is 16.6.